The Kier molecular flexibility index (Phi) is 8.60. The van der Waals surface area contributed by atoms with E-state index in [1.807, 2.05) is 13.8 Å². The number of esters is 3. The number of carbonyl (C=O) groups is 3. The van der Waals surface area contributed by atoms with Crippen LogP contribution in [0.2, 0.25) is 0 Å². The zero-order chi connectivity index (χ0) is 22.5. The highest BCUT2D eigenvalue weighted by Gasteiger charge is 2.49. The molecular formula is C20H32O10. The molecule has 0 aliphatic carbocycles. The lowest BCUT2D eigenvalue weighted by Gasteiger charge is -2.44. The first kappa shape index (κ1) is 24.5. The fourth-order valence-electron chi connectivity index (χ4n) is 3.30. The van der Waals surface area contributed by atoms with Crippen molar-refractivity contribution in [1.82, 2.24) is 0 Å². The topological polar surface area (TPSA) is 116 Å². The van der Waals surface area contributed by atoms with E-state index in [-0.39, 0.29) is 19.1 Å². The van der Waals surface area contributed by atoms with E-state index in [0.717, 1.165) is 0 Å². The van der Waals surface area contributed by atoms with Gasteiger partial charge in [0.15, 0.2) is 18.2 Å². The van der Waals surface area contributed by atoms with E-state index in [4.69, 9.17) is 33.2 Å². The van der Waals surface area contributed by atoms with Crippen LogP contribution in [0.4, 0.5) is 0 Å². The molecule has 2 aliphatic rings. The van der Waals surface area contributed by atoms with Gasteiger partial charge in [0, 0.05) is 32.6 Å². The predicted octanol–water partition coefficient (Wildman–Crippen LogP) is 1.19. The summed E-state index contributed by atoms with van der Waals surface area (Å²) in [5.41, 5.74) is 0. The molecule has 2 heterocycles. The van der Waals surface area contributed by atoms with E-state index < -0.39 is 54.2 Å². The fraction of sp³-hybridized carbons (Fsp3) is 0.850. The Bertz CT molecular complexity index is 609. The van der Waals surface area contributed by atoms with E-state index in [1.54, 1.807) is 6.92 Å². The van der Waals surface area contributed by atoms with Crippen LogP contribution in [0.5, 0.6) is 0 Å². The minimum atomic E-state index is -1.02. The van der Waals surface area contributed by atoms with E-state index in [2.05, 4.69) is 0 Å². The summed E-state index contributed by atoms with van der Waals surface area (Å²) in [7, 11) is 0. The highest BCUT2D eigenvalue weighted by atomic mass is 16.7. The molecule has 0 saturated carbocycles. The highest BCUT2D eigenvalue weighted by molar-refractivity contribution is 5.67. The second kappa shape index (κ2) is 10.5. The van der Waals surface area contributed by atoms with Crippen molar-refractivity contribution in [2.24, 2.45) is 11.8 Å². The lowest BCUT2D eigenvalue weighted by atomic mass is 9.90. The van der Waals surface area contributed by atoms with Crippen LogP contribution in [0.25, 0.3) is 0 Å². The Morgan fingerprint density at radius 2 is 1.47 bits per heavy atom. The lowest BCUT2D eigenvalue weighted by Crippen LogP contribution is -2.58. The summed E-state index contributed by atoms with van der Waals surface area (Å²) in [5.74, 6) is -2.69. The smallest absolute Gasteiger partial charge is 0.303 e. The molecule has 2 saturated heterocycles. The average molecular weight is 432 g/mol. The van der Waals surface area contributed by atoms with E-state index in [0.29, 0.717) is 13.2 Å². The van der Waals surface area contributed by atoms with E-state index in [9.17, 15) is 14.4 Å². The summed E-state index contributed by atoms with van der Waals surface area (Å²) in [6.45, 7) is 10.2. The van der Waals surface area contributed by atoms with E-state index in [1.165, 1.54) is 20.8 Å². The highest BCUT2D eigenvalue weighted by Crippen LogP contribution is 2.32. The number of ether oxygens (including phenoxy) is 7. The molecule has 10 nitrogen and oxygen atoms in total. The van der Waals surface area contributed by atoms with Gasteiger partial charge in [0.2, 0.25) is 0 Å². The molecule has 172 valence electrons. The largest absolute Gasteiger partial charge is 0.463 e. The van der Waals surface area contributed by atoms with Crippen LogP contribution in [0.1, 0.15) is 41.5 Å². The van der Waals surface area contributed by atoms with Gasteiger partial charge >= 0.3 is 17.9 Å². The van der Waals surface area contributed by atoms with Crippen LogP contribution in [-0.4, -0.2) is 74.7 Å². The summed E-state index contributed by atoms with van der Waals surface area (Å²) in [5, 5.41) is 0. The maximum Gasteiger partial charge on any atom is 0.303 e. The molecular weight excluding hydrogens is 400 g/mol. The Balaban J connectivity index is 2.13. The van der Waals surface area contributed by atoms with Gasteiger partial charge in [0.25, 0.3) is 0 Å². The molecule has 30 heavy (non-hydrogen) atoms. The number of hydrogen-bond donors (Lipinski definition) is 0. The molecule has 1 unspecified atom stereocenters. The van der Waals surface area contributed by atoms with Crippen molar-refractivity contribution in [2.75, 3.05) is 26.4 Å². The van der Waals surface area contributed by atoms with Crippen LogP contribution < -0.4 is 0 Å². The molecule has 2 rings (SSSR count). The second-order valence-electron chi connectivity index (χ2n) is 8.07. The van der Waals surface area contributed by atoms with Gasteiger partial charge in [-0.3, -0.25) is 14.4 Å². The van der Waals surface area contributed by atoms with Gasteiger partial charge < -0.3 is 33.2 Å². The summed E-state index contributed by atoms with van der Waals surface area (Å²) < 4.78 is 39.0. The van der Waals surface area contributed by atoms with Crippen LogP contribution in [-0.2, 0) is 47.5 Å². The molecule has 0 amide bonds. The molecule has 5 atom stereocenters. The van der Waals surface area contributed by atoms with Crippen molar-refractivity contribution in [2.45, 2.75) is 71.9 Å². The fourth-order valence-corrected chi connectivity index (χ4v) is 3.30. The first-order valence-corrected chi connectivity index (χ1v) is 10.0. The molecule has 0 aromatic heterocycles. The molecule has 0 radical (unpaired) electrons. The maximum absolute atomic E-state index is 11.7. The Morgan fingerprint density at radius 3 is 2.00 bits per heavy atom. The summed E-state index contributed by atoms with van der Waals surface area (Å²) in [6.07, 6.45) is -3.45. The maximum atomic E-state index is 11.7. The van der Waals surface area contributed by atoms with Crippen LogP contribution in [0.15, 0.2) is 0 Å². The van der Waals surface area contributed by atoms with Crippen molar-refractivity contribution >= 4 is 17.9 Å². The lowest BCUT2D eigenvalue weighted by molar-refractivity contribution is -0.308. The summed E-state index contributed by atoms with van der Waals surface area (Å²) in [6, 6.07) is 0. The first-order valence-electron chi connectivity index (χ1n) is 10.0. The molecule has 0 spiro atoms. The Hall–Kier alpha value is -1.75. The number of rotatable bonds is 7. The average Bonchev–Trinajstić information content (AvgIpc) is 2.63. The van der Waals surface area contributed by atoms with Gasteiger partial charge in [0.05, 0.1) is 19.8 Å². The van der Waals surface area contributed by atoms with Gasteiger partial charge in [0.1, 0.15) is 18.8 Å². The number of carbonyl (C=O) groups excluding carboxylic acids is 3. The van der Waals surface area contributed by atoms with Crippen molar-refractivity contribution < 1.29 is 47.5 Å². The van der Waals surface area contributed by atoms with Gasteiger partial charge in [-0.1, -0.05) is 6.92 Å². The third-order valence-corrected chi connectivity index (χ3v) is 4.89. The third-order valence-electron chi connectivity index (χ3n) is 4.89. The van der Waals surface area contributed by atoms with Gasteiger partial charge in [-0.2, -0.15) is 0 Å². The summed E-state index contributed by atoms with van der Waals surface area (Å²) >= 11 is 0. The monoisotopic (exact) mass is 432 g/mol. The molecule has 10 heteroatoms. The predicted molar refractivity (Wildman–Crippen MR) is 101 cm³/mol. The minimum absolute atomic E-state index is 0.0508. The van der Waals surface area contributed by atoms with Crippen LogP contribution >= 0.6 is 0 Å². The zero-order valence-electron chi connectivity index (χ0n) is 18.4. The molecule has 2 fully saturated rings. The molecule has 0 N–H and O–H groups in total. The van der Waals surface area contributed by atoms with Crippen LogP contribution in [0.3, 0.4) is 0 Å². The standard InChI is InChI=1S/C20H32O10/c1-11-16(10-24-12(2)21)30-19(18(29-14(4)23)17(11)28-13(3)22)25-7-15-8-26-20(5,6)27-9-15/h11,15-19H,7-10H2,1-6H3/t11-,16+,17-,18+,19?/m0/s1. The van der Waals surface area contributed by atoms with Crippen molar-refractivity contribution in [1.29, 1.82) is 0 Å². The van der Waals surface area contributed by atoms with Crippen molar-refractivity contribution in [3.63, 3.8) is 0 Å². The van der Waals surface area contributed by atoms with Crippen LogP contribution in [0, 0.1) is 11.8 Å². The van der Waals surface area contributed by atoms with Gasteiger partial charge in [-0.25, -0.2) is 0 Å². The zero-order valence-corrected chi connectivity index (χ0v) is 18.4. The third kappa shape index (κ3) is 7.19. The quantitative estimate of drug-likeness (QED) is 0.429. The molecule has 2 aliphatic heterocycles. The minimum Gasteiger partial charge on any atom is -0.463 e. The van der Waals surface area contributed by atoms with Gasteiger partial charge in [-0.05, 0) is 13.8 Å². The van der Waals surface area contributed by atoms with Gasteiger partial charge in [-0.15, -0.1) is 0 Å². The molecule has 0 bridgehead atoms. The Morgan fingerprint density at radius 1 is 0.900 bits per heavy atom. The Labute approximate surface area is 176 Å². The van der Waals surface area contributed by atoms with E-state index >= 15 is 0 Å². The SMILES string of the molecule is CC(=O)OC[C@H]1OC(OCC2COC(C)(C)OC2)[C@H](OC(C)=O)[C@@H](OC(C)=O)[C@H]1C. The molecule has 0 aromatic carbocycles. The first-order chi connectivity index (χ1) is 14.0. The van der Waals surface area contributed by atoms with Crippen molar-refractivity contribution in [3.05, 3.63) is 0 Å². The molecule has 0 aromatic rings. The summed E-state index contributed by atoms with van der Waals surface area (Å²) in [4.78, 5) is 34.6. The van der Waals surface area contributed by atoms with Crippen molar-refractivity contribution in [3.8, 4) is 0 Å². The second-order valence-corrected chi connectivity index (χ2v) is 8.07. The number of hydrogen-bond acceptors (Lipinski definition) is 10. The normalized spacial score (nSPS) is 31.6.